The van der Waals surface area contributed by atoms with Crippen molar-refractivity contribution < 1.29 is 9.47 Å². The number of hydrogen-bond donors (Lipinski definition) is 0. The number of para-hydroxylation sites is 2. The van der Waals surface area contributed by atoms with E-state index in [4.69, 9.17) is 9.47 Å². The molecule has 0 radical (unpaired) electrons. The van der Waals surface area contributed by atoms with Crippen LogP contribution >= 0.6 is 0 Å². The lowest BCUT2D eigenvalue weighted by Crippen LogP contribution is -2.32. The van der Waals surface area contributed by atoms with Crippen molar-refractivity contribution in [2.24, 2.45) is 4.99 Å². The summed E-state index contributed by atoms with van der Waals surface area (Å²) in [5, 5.41) is 0. The summed E-state index contributed by atoms with van der Waals surface area (Å²) in [5.41, 5.74) is 0.866. The first-order valence-electron chi connectivity index (χ1n) is 7.77. The lowest BCUT2D eigenvalue weighted by molar-refractivity contribution is 0.0594. The van der Waals surface area contributed by atoms with E-state index < -0.39 is 0 Å². The summed E-state index contributed by atoms with van der Waals surface area (Å²) in [6, 6.07) is 19.5. The molecule has 0 saturated carbocycles. The maximum atomic E-state index is 5.91. The predicted molar refractivity (Wildman–Crippen MR) is 92.1 cm³/mol. The Morgan fingerprint density at radius 3 is 2.30 bits per heavy atom. The molecule has 1 fully saturated rings. The molecule has 2 aromatic rings. The summed E-state index contributed by atoms with van der Waals surface area (Å²) < 4.78 is 11.3. The van der Waals surface area contributed by atoms with E-state index in [9.17, 15) is 0 Å². The average molecular weight is 308 g/mol. The van der Waals surface area contributed by atoms with Crippen LogP contribution in [-0.2, 0) is 4.74 Å². The molecule has 1 aliphatic rings. The number of ether oxygens (including phenoxy) is 2. The van der Waals surface area contributed by atoms with E-state index in [0.29, 0.717) is 5.90 Å². The van der Waals surface area contributed by atoms with Crippen molar-refractivity contribution in [2.45, 2.75) is 0 Å². The van der Waals surface area contributed by atoms with Crippen LogP contribution in [-0.4, -0.2) is 37.1 Å². The van der Waals surface area contributed by atoms with Crippen molar-refractivity contribution in [1.29, 1.82) is 0 Å². The van der Waals surface area contributed by atoms with Gasteiger partial charge in [0.25, 0.3) is 0 Å². The Balaban J connectivity index is 1.78. The van der Waals surface area contributed by atoms with Crippen LogP contribution < -0.4 is 4.74 Å². The molecule has 1 saturated heterocycles. The lowest BCUT2D eigenvalue weighted by atomic mass is 10.3. The van der Waals surface area contributed by atoms with Gasteiger partial charge in [-0.15, -0.1) is 0 Å². The van der Waals surface area contributed by atoms with Gasteiger partial charge in [-0.3, -0.25) is 0 Å². The Morgan fingerprint density at radius 1 is 0.957 bits per heavy atom. The second kappa shape index (κ2) is 8.15. The van der Waals surface area contributed by atoms with Gasteiger partial charge in [0, 0.05) is 25.4 Å². The first-order valence-corrected chi connectivity index (χ1v) is 7.77. The van der Waals surface area contributed by atoms with Gasteiger partial charge in [0.2, 0.25) is 5.90 Å². The molecule has 0 N–H and O–H groups in total. The van der Waals surface area contributed by atoms with Crippen molar-refractivity contribution in [3.8, 4) is 5.75 Å². The topological polar surface area (TPSA) is 34.1 Å². The van der Waals surface area contributed by atoms with Crippen molar-refractivity contribution in [3.63, 3.8) is 0 Å². The fourth-order valence-electron chi connectivity index (χ4n) is 2.23. The van der Waals surface area contributed by atoms with Gasteiger partial charge in [0.05, 0.1) is 18.9 Å². The summed E-state index contributed by atoms with van der Waals surface area (Å²) in [7, 11) is 0. The normalized spacial score (nSPS) is 15.8. The molecule has 3 rings (SSSR count). The Kier molecular flexibility index (Phi) is 5.43. The second-order valence-electron chi connectivity index (χ2n) is 5.16. The Labute approximate surface area is 136 Å². The van der Waals surface area contributed by atoms with E-state index in [2.05, 4.69) is 9.89 Å². The maximum Gasteiger partial charge on any atom is 0.221 e. The van der Waals surface area contributed by atoms with Crippen LogP contribution in [0.25, 0.3) is 0 Å². The fourth-order valence-corrected chi connectivity index (χ4v) is 2.23. The standard InChI is InChI=1S/C19H20N2O2/c1-3-7-17(8-4-1)20-19(23-18-9-5-2-6-10-18)11-12-21-13-15-22-16-14-21/h1-12H,13-16H2/b12-11+,20-19-. The third kappa shape index (κ3) is 4.97. The predicted octanol–water partition coefficient (Wildman–Crippen LogP) is 3.64. The Bertz CT molecular complexity index is 648. The zero-order chi connectivity index (χ0) is 15.7. The number of benzene rings is 2. The van der Waals surface area contributed by atoms with Crippen LogP contribution in [0, 0.1) is 0 Å². The van der Waals surface area contributed by atoms with Crippen LogP contribution in [0.5, 0.6) is 5.75 Å². The maximum absolute atomic E-state index is 5.91. The lowest BCUT2D eigenvalue weighted by Gasteiger charge is -2.25. The summed E-state index contributed by atoms with van der Waals surface area (Å²) >= 11 is 0. The number of morpholine rings is 1. The minimum atomic E-state index is 0.564. The van der Waals surface area contributed by atoms with Gasteiger partial charge in [0.15, 0.2) is 0 Å². The second-order valence-corrected chi connectivity index (χ2v) is 5.16. The van der Waals surface area contributed by atoms with E-state index in [1.54, 1.807) is 0 Å². The summed E-state index contributed by atoms with van der Waals surface area (Å²) in [6.07, 6.45) is 3.93. The van der Waals surface area contributed by atoms with E-state index >= 15 is 0 Å². The molecule has 118 valence electrons. The highest BCUT2D eigenvalue weighted by Crippen LogP contribution is 2.14. The third-order valence-corrected chi connectivity index (χ3v) is 3.43. The molecule has 0 aliphatic carbocycles. The highest BCUT2D eigenvalue weighted by Gasteiger charge is 2.06. The van der Waals surface area contributed by atoms with Crippen LogP contribution in [0.2, 0.25) is 0 Å². The van der Waals surface area contributed by atoms with Crippen molar-refractivity contribution in [2.75, 3.05) is 26.3 Å². The van der Waals surface area contributed by atoms with E-state index in [1.165, 1.54) is 0 Å². The zero-order valence-corrected chi connectivity index (χ0v) is 13.0. The van der Waals surface area contributed by atoms with E-state index in [1.807, 2.05) is 72.9 Å². The molecular formula is C19H20N2O2. The number of nitrogens with zero attached hydrogens (tertiary/aromatic N) is 2. The zero-order valence-electron chi connectivity index (χ0n) is 13.0. The molecule has 0 amide bonds. The quantitative estimate of drug-likeness (QED) is 0.639. The molecule has 23 heavy (non-hydrogen) atoms. The molecule has 0 spiro atoms. The Morgan fingerprint density at radius 2 is 1.61 bits per heavy atom. The van der Waals surface area contributed by atoms with Crippen molar-refractivity contribution in [1.82, 2.24) is 4.90 Å². The highest BCUT2D eigenvalue weighted by molar-refractivity contribution is 5.91. The van der Waals surface area contributed by atoms with E-state index in [0.717, 1.165) is 37.7 Å². The molecule has 4 nitrogen and oxygen atoms in total. The van der Waals surface area contributed by atoms with Gasteiger partial charge in [-0.05, 0) is 24.3 Å². The monoisotopic (exact) mass is 308 g/mol. The van der Waals surface area contributed by atoms with E-state index in [-0.39, 0.29) is 0 Å². The smallest absolute Gasteiger partial charge is 0.221 e. The third-order valence-electron chi connectivity index (χ3n) is 3.43. The van der Waals surface area contributed by atoms with Crippen molar-refractivity contribution in [3.05, 3.63) is 72.9 Å². The van der Waals surface area contributed by atoms with Crippen molar-refractivity contribution >= 4 is 11.6 Å². The molecule has 1 aliphatic heterocycles. The molecule has 4 heteroatoms. The van der Waals surface area contributed by atoms with Gasteiger partial charge < -0.3 is 14.4 Å². The molecule has 0 unspecified atom stereocenters. The average Bonchev–Trinajstić information content (AvgIpc) is 2.62. The highest BCUT2D eigenvalue weighted by atomic mass is 16.5. The molecule has 0 atom stereocenters. The van der Waals surface area contributed by atoms with Crippen LogP contribution in [0.1, 0.15) is 0 Å². The SMILES string of the molecule is C(=C\N1CCOCC1)/C(=N/c1ccccc1)Oc1ccccc1. The minimum Gasteiger partial charge on any atom is -0.439 e. The number of hydrogen-bond acceptors (Lipinski definition) is 4. The van der Waals surface area contributed by atoms with Gasteiger partial charge in [-0.1, -0.05) is 36.4 Å². The van der Waals surface area contributed by atoms with Crippen LogP contribution in [0.3, 0.4) is 0 Å². The minimum absolute atomic E-state index is 0.564. The summed E-state index contributed by atoms with van der Waals surface area (Å²) in [6.45, 7) is 3.30. The van der Waals surface area contributed by atoms with Gasteiger partial charge in [-0.25, -0.2) is 4.99 Å². The molecule has 0 aromatic heterocycles. The molecular weight excluding hydrogens is 288 g/mol. The van der Waals surface area contributed by atoms with Gasteiger partial charge in [-0.2, -0.15) is 0 Å². The molecule has 1 heterocycles. The van der Waals surface area contributed by atoms with Crippen LogP contribution in [0.15, 0.2) is 77.9 Å². The summed E-state index contributed by atoms with van der Waals surface area (Å²) in [5.74, 6) is 1.34. The molecule has 2 aromatic carbocycles. The fraction of sp³-hybridized carbons (Fsp3) is 0.211. The first-order chi connectivity index (χ1) is 11.4. The summed E-state index contributed by atoms with van der Waals surface area (Å²) in [4.78, 5) is 6.79. The first kappa shape index (κ1) is 15.3. The van der Waals surface area contributed by atoms with Crippen LogP contribution in [0.4, 0.5) is 5.69 Å². The number of aliphatic imine (C=N–C) groups is 1. The van der Waals surface area contributed by atoms with Gasteiger partial charge in [0.1, 0.15) is 5.75 Å². The largest absolute Gasteiger partial charge is 0.439 e. The van der Waals surface area contributed by atoms with Gasteiger partial charge >= 0.3 is 0 Å². The Hall–Kier alpha value is -2.59. The molecule has 0 bridgehead atoms. The number of rotatable bonds is 4.